The summed E-state index contributed by atoms with van der Waals surface area (Å²) in [7, 11) is 1.45. The number of aliphatic hydroxyl groups is 1. The first kappa shape index (κ1) is 20.5. The molecule has 4 nitrogen and oxygen atoms in total. The highest BCUT2D eigenvalue weighted by Gasteiger charge is 2.33. The molecule has 0 aliphatic rings. The Morgan fingerprint density at radius 1 is 1.14 bits per heavy atom. The lowest BCUT2D eigenvalue weighted by atomic mass is 9.76. The highest BCUT2D eigenvalue weighted by Crippen LogP contribution is 2.27. The summed E-state index contributed by atoms with van der Waals surface area (Å²) in [5.74, 6) is 0.193. The number of ether oxygens (including phenoxy) is 1. The quantitative estimate of drug-likeness (QED) is 0.665. The molecule has 0 spiro atoms. The molecule has 0 bridgehead atoms. The van der Waals surface area contributed by atoms with Crippen LogP contribution in [0.3, 0.4) is 0 Å². The van der Waals surface area contributed by atoms with Gasteiger partial charge < -0.3 is 14.5 Å². The summed E-state index contributed by atoms with van der Waals surface area (Å²) >= 11 is 0. The third kappa shape index (κ3) is 9.91. The zero-order valence-corrected chi connectivity index (χ0v) is 14.9. The summed E-state index contributed by atoms with van der Waals surface area (Å²) in [5.41, 5.74) is -1.94. The molecule has 0 atom stereocenters. The third-order valence-corrected chi connectivity index (χ3v) is 3.11. The van der Waals surface area contributed by atoms with Crippen molar-refractivity contribution in [2.75, 3.05) is 6.61 Å². The van der Waals surface area contributed by atoms with Crippen molar-refractivity contribution in [2.45, 2.75) is 79.3 Å². The van der Waals surface area contributed by atoms with Gasteiger partial charge in [0.2, 0.25) is 0 Å². The minimum absolute atomic E-state index is 0.240. The van der Waals surface area contributed by atoms with Gasteiger partial charge in [0.05, 0.1) is 16.5 Å². The minimum Gasteiger partial charge on any atom is -0.535 e. The molecule has 0 aliphatic carbocycles. The van der Waals surface area contributed by atoms with Gasteiger partial charge in [-0.3, -0.25) is 4.79 Å². The first-order valence-electron chi connectivity index (χ1n) is 7.67. The van der Waals surface area contributed by atoms with Crippen molar-refractivity contribution in [3.8, 4) is 0 Å². The maximum absolute atomic E-state index is 12.1. The Morgan fingerprint density at radius 3 is 2.10 bits per heavy atom. The molecular weight excluding hydrogens is 267 g/mol. The summed E-state index contributed by atoms with van der Waals surface area (Å²) in [6.45, 7) is 15.5. The van der Waals surface area contributed by atoms with Crippen LogP contribution in [0.4, 0.5) is 0 Å². The van der Waals surface area contributed by atoms with Crippen LogP contribution in [0, 0.1) is 11.3 Å². The number of rotatable bonds is 9. The molecule has 0 saturated heterocycles. The number of hydrogen-bond donors (Lipinski definition) is 1. The van der Waals surface area contributed by atoms with E-state index in [1.807, 2.05) is 27.7 Å². The third-order valence-electron chi connectivity index (χ3n) is 3.11. The summed E-state index contributed by atoms with van der Waals surface area (Å²) < 4.78 is 11.0. The molecule has 0 saturated carbocycles. The van der Waals surface area contributed by atoms with Crippen molar-refractivity contribution in [3.63, 3.8) is 0 Å². The van der Waals surface area contributed by atoms with E-state index >= 15 is 0 Å². The molecule has 0 amide bonds. The van der Waals surface area contributed by atoms with Crippen LogP contribution in [0.1, 0.15) is 68.2 Å². The summed E-state index contributed by atoms with van der Waals surface area (Å²) in [6.07, 6.45) is 1.30. The van der Waals surface area contributed by atoms with E-state index in [0.29, 0.717) is 18.9 Å². The Kier molecular flexibility index (Phi) is 7.44. The fourth-order valence-corrected chi connectivity index (χ4v) is 2.06. The molecule has 0 aromatic rings. The van der Waals surface area contributed by atoms with Crippen LogP contribution in [0.5, 0.6) is 0 Å². The molecule has 0 unspecified atom stereocenters. The van der Waals surface area contributed by atoms with Crippen molar-refractivity contribution in [1.82, 2.24) is 0 Å². The molecule has 0 fully saturated rings. The molecule has 0 aromatic carbocycles. The molecule has 5 heteroatoms. The SMILES string of the molecule is CC(C)CC(C)(C)C(=O)O[B]C(C)(C)OCCC(C)(C)O. The Morgan fingerprint density at radius 2 is 1.67 bits per heavy atom. The standard InChI is InChI=1S/C16H32BO4/c1-12(2)11-14(3,4)13(18)21-17-16(7,8)20-10-9-15(5,6)19/h12,19H,9-11H2,1-8H3. The maximum atomic E-state index is 12.1. The molecule has 21 heavy (non-hydrogen) atoms. The average Bonchev–Trinajstić information content (AvgIpc) is 2.21. The smallest absolute Gasteiger partial charge is 0.408 e. The fraction of sp³-hybridized carbons (Fsp3) is 0.938. The van der Waals surface area contributed by atoms with E-state index in [1.165, 1.54) is 7.48 Å². The highest BCUT2D eigenvalue weighted by molar-refractivity contribution is 6.34. The predicted molar refractivity (Wildman–Crippen MR) is 86.0 cm³/mol. The fourth-order valence-electron chi connectivity index (χ4n) is 2.06. The Labute approximate surface area is 130 Å². The summed E-state index contributed by atoms with van der Waals surface area (Å²) in [6, 6.07) is 0. The lowest BCUT2D eigenvalue weighted by molar-refractivity contribution is -0.145. The minimum atomic E-state index is -0.758. The zero-order chi connectivity index (χ0) is 16.9. The van der Waals surface area contributed by atoms with Crippen LogP contribution < -0.4 is 0 Å². The van der Waals surface area contributed by atoms with Crippen molar-refractivity contribution in [1.29, 1.82) is 0 Å². The highest BCUT2D eigenvalue weighted by atomic mass is 16.5. The lowest BCUT2D eigenvalue weighted by Crippen LogP contribution is -2.39. The number of carbonyl (C=O) groups excluding carboxylic acids is 1. The lowest BCUT2D eigenvalue weighted by Gasteiger charge is -2.29. The van der Waals surface area contributed by atoms with E-state index in [4.69, 9.17) is 9.39 Å². The van der Waals surface area contributed by atoms with E-state index in [2.05, 4.69) is 13.8 Å². The molecule has 123 valence electrons. The van der Waals surface area contributed by atoms with Crippen LogP contribution in [-0.2, 0) is 14.2 Å². The molecule has 1 N–H and O–H groups in total. The van der Waals surface area contributed by atoms with Crippen LogP contribution in [0.25, 0.3) is 0 Å². The number of carbonyl (C=O) groups is 1. The molecule has 0 aliphatic heterocycles. The van der Waals surface area contributed by atoms with Crippen molar-refractivity contribution >= 4 is 13.5 Å². The van der Waals surface area contributed by atoms with E-state index in [-0.39, 0.29) is 5.97 Å². The largest absolute Gasteiger partial charge is 0.535 e. The molecular formula is C16H32BO4. The van der Waals surface area contributed by atoms with Gasteiger partial charge >= 0.3 is 7.48 Å². The van der Waals surface area contributed by atoms with Gasteiger partial charge in [0, 0.05) is 6.61 Å². The van der Waals surface area contributed by atoms with Gasteiger partial charge in [-0.1, -0.05) is 13.8 Å². The molecule has 0 heterocycles. The molecule has 0 rings (SSSR count). The zero-order valence-electron chi connectivity index (χ0n) is 14.9. The van der Waals surface area contributed by atoms with Gasteiger partial charge in [-0.2, -0.15) is 0 Å². The first-order valence-corrected chi connectivity index (χ1v) is 7.67. The van der Waals surface area contributed by atoms with Gasteiger partial charge in [-0.05, 0) is 60.3 Å². The van der Waals surface area contributed by atoms with Crippen LogP contribution in [0.2, 0.25) is 0 Å². The van der Waals surface area contributed by atoms with E-state index < -0.39 is 16.5 Å². The van der Waals surface area contributed by atoms with Crippen molar-refractivity contribution in [3.05, 3.63) is 0 Å². The topological polar surface area (TPSA) is 55.8 Å². The Balaban J connectivity index is 4.26. The average molecular weight is 299 g/mol. The number of hydrogen-bond acceptors (Lipinski definition) is 4. The van der Waals surface area contributed by atoms with E-state index in [1.54, 1.807) is 13.8 Å². The predicted octanol–water partition coefficient (Wildman–Crippen LogP) is 3.13. The van der Waals surface area contributed by atoms with E-state index in [9.17, 15) is 9.90 Å². The van der Waals surface area contributed by atoms with Gasteiger partial charge in [0.25, 0.3) is 5.97 Å². The van der Waals surface area contributed by atoms with Gasteiger partial charge in [-0.25, -0.2) is 0 Å². The first-order chi connectivity index (χ1) is 9.25. The monoisotopic (exact) mass is 299 g/mol. The molecule has 0 aromatic heterocycles. The van der Waals surface area contributed by atoms with Crippen LogP contribution in [0.15, 0.2) is 0 Å². The van der Waals surface area contributed by atoms with Crippen molar-refractivity contribution < 1.29 is 19.3 Å². The van der Waals surface area contributed by atoms with E-state index in [0.717, 1.165) is 6.42 Å². The second-order valence-electron chi connectivity index (χ2n) is 8.02. The van der Waals surface area contributed by atoms with Crippen LogP contribution in [-0.4, -0.2) is 36.3 Å². The van der Waals surface area contributed by atoms with Gasteiger partial charge in [-0.15, -0.1) is 0 Å². The van der Waals surface area contributed by atoms with Crippen molar-refractivity contribution in [2.24, 2.45) is 11.3 Å². The Bertz CT molecular complexity index is 330. The normalized spacial score (nSPS) is 13.4. The summed E-state index contributed by atoms with van der Waals surface area (Å²) in [4.78, 5) is 12.1. The van der Waals surface area contributed by atoms with Gasteiger partial charge in [0.1, 0.15) is 0 Å². The second kappa shape index (κ2) is 7.64. The maximum Gasteiger partial charge on any atom is 0.408 e. The van der Waals surface area contributed by atoms with Gasteiger partial charge in [0.15, 0.2) is 0 Å². The summed E-state index contributed by atoms with van der Waals surface area (Å²) in [5, 5.41) is 9.65. The molecule has 1 radical (unpaired) electrons. The Hall–Kier alpha value is -0.545. The van der Waals surface area contributed by atoms with Crippen LogP contribution >= 0.6 is 0 Å². The second-order valence-corrected chi connectivity index (χ2v) is 8.02.